The topological polar surface area (TPSA) is 86.6 Å². The van der Waals surface area contributed by atoms with E-state index in [9.17, 15) is 19.8 Å². The summed E-state index contributed by atoms with van der Waals surface area (Å²) in [6.07, 6.45) is -2.40. The van der Waals surface area contributed by atoms with Gasteiger partial charge in [0, 0.05) is 5.75 Å². The third-order valence-corrected chi connectivity index (χ3v) is 5.41. The molecule has 4 atom stereocenters. The van der Waals surface area contributed by atoms with Crippen molar-refractivity contribution in [2.75, 3.05) is 0 Å². The fourth-order valence-corrected chi connectivity index (χ4v) is 3.86. The first-order valence-corrected chi connectivity index (χ1v) is 8.68. The Morgan fingerprint density at radius 1 is 1.35 bits per heavy atom. The lowest BCUT2D eigenvalue weighted by atomic mass is 9.81. The van der Waals surface area contributed by atoms with E-state index in [-0.39, 0.29) is 5.92 Å². The second-order valence-corrected chi connectivity index (χ2v) is 7.29. The van der Waals surface area contributed by atoms with E-state index in [0.717, 1.165) is 17.3 Å². The minimum atomic E-state index is -1.65. The van der Waals surface area contributed by atoms with Crippen LogP contribution in [0.2, 0.25) is 0 Å². The number of hydrogen-bond donors (Lipinski definition) is 3. The van der Waals surface area contributed by atoms with Gasteiger partial charge in [-0.1, -0.05) is 62.9 Å². The summed E-state index contributed by atoms with van der Waals surface area (Å²) < 4.78 is 0. The highest BCUT2D eigenvalue weighted by Crippen LogP contribution is 2.36. The van der Waals surface area contributed by atoms with E-state index in [4.69, 9.17) is 0 Å². The van der Waals surface area contributed by atoms with E-state index in [2.05, 4.69) is 5.32 Å². The summed E-state index contributed by atoms with van der Waals surface area (Å²) in [5, 5.41) is 23.2. The Kier molecular flexibility index (Phi) is 5.49. The molecule has 1 unspecified atom stereocenters. The third kappa shape index (κ3) is 3.29. The molecule has 0 bridgehead atoms. The van der Waals surface area contributed by atoms with Crippen LogP contribution in [0.1, 0.15) is 26.3 Å². The number of carbonyl (C=O) groups excluding carboxylic acids is 2. The van der Waals surface area contributed by atoms with Crippen LogP contribution in [0, 0.1) is 11.8 Å². The van der Waals surface area contributed by atoms with E-state index in [0.29, 0.717) is 5.75 Å². The molecule has 1 heterocycles. The lowest BCUT2D eigenvalue weighted by Gasteiger charge is -2.37. The summed E-state index contributed by atoms with van der Waals surface area (Å²) in [7, 11) is 0. The number of carbonyl (C=O) groups is 2. The molecule has 1 aliphatic rings. The first-order valence-electron chi connectivity index (χ1n) is 7.70. The lowest BCUT2D eigenvalue weighted by molar-refractivity contribution is -0.131. The first kappa shape index (κ1) is 18.0. The van der Waals surface area contributed by atoms with Gasteiger partial charge in [0.1, 0.15) is 0 Å². The molecule has 1 saturated heterocycles. The molecule has 6 heteroatoms. The summed E-state index contributed by atoms with van der Waals surface area (Å²) in [5.41, 5.74) is -0.684. The number of amides is 1. The van der Waals surface area contributed by atoms with Crippen molar-refractivity contribution in [1.82, 2.24) is 5.32 Å². The summed E-state index contributed by atoms with van der Waals surface area (Å²) in [5.74, 6) is -1.00. The van der Waals surface area contributed by atoms with Crippen LogP contribution in [-0.4, -0.2) is 39.0 Å². The lowest BCUT2D eigenvalue weighted by Crippen LogP contribution is -2.64. The molecule has 1 amide bonds. The Balaban J connectivity index is 2.24. The van der Waals surface area contributed by atoms with E-state index >= 15 is 0 Å². The van der Waals surface area contributed by atoms with Crippen LogP contribution in [0.5, 0.6) is 0 Å². The standard InChI is InChI=1S/C17H23NO4S/c1-10(2)13(19)17(14(20)11(3)15(21)18-17)16(22)23-9-12-7-5-4-6-8-12/h4-8,10-11,13-14,19-20H,9H2,1-3H3,(H,18,21)/t11-,13?,14-,17-/m1/s1. The van der Waals surface area contributed by atoms with Crippen LogP contribution in [0.15, 0.2) is 30.3 Å². The largest absolute Gasteiger partial charge is 0.390 e. The van der Waals surface area contributed by atoms with Crippen LogP contribution in [0.3, 0.4) is 0 Å². The van der Waals surface area contributed by atoms with Gasteiger partial charge in [0.25, 0.3) is 0 Å². The summed E-state index contributed by atoms with van der Waals surface area (Å²) >= 11 is 1.01. The van der Waals surface area contributed by atoms with Gasteiger partial charge in [0.05, 0.1) is 18.1 Å². The van der Waals surface area contributed by atoms with Gasteiger partial charge in [-0.25, -0.2) is 0 Å². The zero-order chi connectivity index (χ0) is 17.2. The van der Waals surface area contributed by atoms with Gasteiger partial charge in [-0.15, -0.1) is 0 Å². The predicted octanol–water partition coefficient (Wildman–Crippen LogP) is 1.33. The predicted molar refractivity (Wildman–Crippen MR) is 89.6 cm³/mol. The SMILES string of the molecule is CC(C)C(O)[C@@]1(C(=O)SCc2ccccc2)NC(=O)[C@H](C)[C@H]1O. The number of benzene rings is 1. The van der Waals surface area contributed by atoms with Crippen LogP contribution in [0.4, 0.5) is 0 Å². The summed E-state index contributed by atoms with van der Waals surface area (Å²) in [6, 6.07) is 9.46. The summed E-state index contributed by atoms with van der Waals surface area (Å²) in [4.78, 5) is 24.8. The Hall–Kier alpha value is -1.37. The van der Waals surface area contributed by atoms with Crippen molar-refractivity contribution in [2.45, 2.75) is 44.3 Å². The van der Waals surface area contributed by atoms with Crippen molar-refractivity contribution < 1.29 is 19.8 Å². The Morgan fingerprint density at radius 2 is 1.96 bits per heavy atom. The number of hydrogen-bond acceptors (Lipinski definition) is 5. The number of aliphatic hydroxyl groups is 2. The number of aliphatic hydroxyl groups excluding tert-OH is 2. The van der Waals surface area contributed by atoms with Crippen molar-refractivity contribution in [3.63, 3.8) is 0 Å². The zero-order valence-electron chi connectivity index (χ0n) is 13.5. The van der Waals surface area contributed by atoms with Crippen LogP contribution in [-0.2, 0) is 15.3 Å². The van der Waals surface area contributed by atoms with Crippen LogP contribution >= 0.6 is 11.8 Å². The van der Waals surface area contributed by atoms with Gasteiger partial charge in [0.15, 0.2) is 5.54 Å². The molecule has 1 aliphatic heterocycles. The zero-order valence-corrected chi connectivity index (χ0v) is 14.3. The van der Waals surface area contributed by atoms with Gasteiger partial charge >= 0.3 is 0 Å². The van der Waals surface area contributed by atoms with Gasteiger partial charge in [-0.2, -0.15) is 0 Å². The maximum absolute atomic E-state index is 12.8. The van der Waals surface area contributed by atoms with Crippen molar-refractivity contribution in [3.05, 3.63) is 35.9 Å². The van der Waals surface area contributed by atoms with Gasteiger partial charge in [0.2, 0.25) is 11.0 Å². The fraction of sp³-hybridized carbons (Fsp3) is 0.529. The average Bonchev–Trinajstić information content (AvgIpc) is 2.78. The Bertz CT molecular complexity index is 577. The second kappa shape index (κ2) is 7.03. The Morgan fingerprint density at radius 3 is 2.43 bits per heavy atom. The molecular formula is C17H23NO4S. The molecule has 0 aromatic heterocycles. The van der Waals surface area contributed by atoms with Gasteiger partial charge < -0.3 is 15.5 Å². The molecule has 0 spiro atoms. The van der Waals surface area contributed by atoms with Crippen molar-refractivity contribution >= 4 is 22.8 Å². The maximum atomic E-state index is 12.8. The van der Waals surface area contributed by atoms with Gasteiger partial charge in [-0.3, -0.25) is 9.59 Å². The average molecular weight is 337 g/mol. The van der Waals surface area contributed by atoms with Crippen molar-refractivity contribution in [3.8, 4) is 0 Å². The molecule has 126 valence electrons. The van der Waals surface area contributed by atoms with E-state index in [1.807, 2.05) is 30.3 Å². The number of thioether (sulfide) groups is 1. The van der Waals surface area contributed by atoms with E-state index < -0.39 is 34.7 Å². The van der Waals surface area contributed by atoms with E-state index in [1.165, 1.54) is 0 Å². The monoisotopic (exact) mass is 337 g/mol. The maximum Gasteiger partial charge on any atom is 0.226 e. The molecule has 0 aliphatic carbocycles. The molecule has 1 aromatic rings. The minimum absolute atomic E-state index is 0.281. The smallest absolute Gasteiger partial charge is 0.226 e. The molecule has 1 aromatic carbocycles. The molecule has 0 radical (unpaired) electrons. The van der Waals surface area contributed by atoms with E-state index in [1.54, 1.807) is 20.8 Å². The van der Waals surface area contributed by atoms with Crippen LogP contribution in [0.25, 0.3) is 0 Å². The second-order valence-electron chi connectivity index (χ2n) is 6.34. The summed E-state index contributed by atoms with van der Waals surface area (Å²) in [6.45, 7) is 5.07. The molecule has 0 saturated carbocycles. The molecular weight excluding hydrogens is 314 g/mol. The quantitative estimate of drug-likeness (QED) is 0.755. The Labute approximate surface area is 140 Å². The van der Waals surface area contributed by atoms with Crippen LogP contribution < -0.4 is 5.32 Å². The fourth-order valence-electron chi connectivity index (χ4n) is 2.84. The van der Waals surface area contributed by atoms with Crippen molar-refractivity contribution in [2.24, 2.45) is 11.8 Å². The highest BCUT2D eigenvalue weighted by atomic mass is 32.2. The minimum Gasteiger partial charge on any atom is -0.390 e. The number of rotatable bonds is 5. The highest BCUT2D eigenvalue weighted by Gasteiger charge is 2.60. The molecule has 2 rings (SSSR count). The molecule has 5 nitrogen and oxygen atoms in total. The third-order valence-electron chi connectivity index (χ3n) is 4.33. The molecule has 1 fully saturated rings. The normalized spacial score (nSPS) is 28.7. The van der Waals surface area contributed by atoms with Crippen molar-refractivity contribution in [1.29, 1.82) is 0 Å². The van der Waals surface area contributed by atoms with Gasteiger partial charge in [-0.05, 0) is 11.5 Å². The molecule has 23 heavy (non-hydrogen) atoms. The molecule has 3 N–H and O–H groups in total. The number of nitrogens with one attached hydrogen (secondary N) is 1. The highest BCUT2D eigenvalue weighted by molar-refractivity contribution is 8.13. The first-order chi connectivity index (χ1) is 10.8.